The van der Waals surface area contributed by atoms with E-state index in [-0.39, 0.29) is 0 Å². The molecule has 0 saturated carbocycles. The molecule has 3 heteroatoms. The normalized spacial score (nSPS) is 23.9. The van der Waals surface area contributed by atoms with Crippen molar-refractivity contribution in [2.75, 3.05) is 36.5 Å². The Morgan fingerprint density at radius 2 is 2.05 bits per heavy atom. The van der Waals surface area contributed by atoms with Crippen LogP contribution < -0.4 is 5.32 Å². The summed E-state index contributed by atoms with van der Waals surface area (Å²) in [6.07, 6.45) is 4.12. The zero-order chi connectivity index (χ0) is 12.9. The minimum atomic E-state index is 0.866. The number of rotatable bonds is 5. The molecule has 2 fully saturated rings. The van der Waals surface area contributed by atoms with E-state index in [1.807, 2.05) is 0 Å². The molecule has 1 aromatic carbocycles. The lowest BCUT2D eigenvalue weighted by molar-refractivity contribution is 0.332. The number of para-hydroxylation sites is 1. The monoisotopic (exact) mass is 276 g/mol. The van der Waals surface area contributed by atoms with Gasteiger partial charge in [0.25, 0.3) is 0 Å². The van der Waals surface area contributed by atoms with E-state index in [4.69, 9.17) is 0 Å². The third-order valence-corrected chi connectivity index (χ3v) is 5.45. The summed E-state index contributed by atoms with van der Waals surface area (Å²) < 4.78 is 0. The number of nitrogens with one attached hydrogen (secondary N) is 1. The summed E-state index contributed by atoms with van der Waals surface area (Å²) in [5.41, 5.74) is 2.82. The largest absolute Gasteiger partial charge is 0.384 e. The van der Waals surface area contributed by atoms with Gasteiger partial charge in [-0.25, -0.2) is 0 Å². The maximum atomic E-state index is 3.69. The van der Waals surface area contributed by atoms with Gasteiger partial charge < -0.3 is 5.32 Å². The van der Waals surface area contributed by atoms with Crippen molar-refractivity contribution in [2.45, 2.75) is 25.8 Å². The molecule has 0 spiro atoms. The second-order valence-corrected chi connectivity index (χ2v) is 6.90. The van der Waals surface area contributed by atoms with E-state index in [1.54, 1.807) is 0 Å². The van der Waals surface area contributed by atoms with Crippen molar-refractivity contribution < 1.29 is 0 Å². The maximum Gasteiger partial charge on any atom is 0.0385 e. The third-order valence-electron chi connectivity index (χ3n) is 4.22. The van der Waals surface area contributed by atoms with Gasteiger partial charge >= 0.3 is 0 Å². The van der Waals surface area contributed by atoms with Crippen LogP contribution in [-0.2, 0) is 6.54 Å². The van der Waals surface area contributed by atoms with Gasteiger partial charge in [0, 0.05) is 18.8 Å². The summed E-state index contributed by atoms with van der Waals surface area (Å²) >= 11 is 2.10. The lowest BCUT2D eigenvalue weighted by atomic mass is 10.1. The highest BCUT2D eigenvalue weighted by Gasteiger charge is 2.16. The summed E-state index contributed by atoms with van der Waals surface area (Å²) in [6, 6.07) is 8.85. The molecule has 0 aromatic heterocycles. The van der Waals surface area contributed by atoms with Crippen LogP contribution in [0.2, 0.25) is 0 Å². The predicted molar refractivity (Wildman–Crippen MR) is 84.9 cm³/mol. The van der Waals surface area contributed by atoms with Crippen LogP contribution in [0.15, 0.2) is 24.3 Å². The molecule has 1 N–H and O–H groups in total. The number of nitrogens with zero attached hydrogens (tertiary/aromatic N) is 1. The van der Waals surface area contributed by atoms with Crippen LogP contribution in [0.1, 0.15) is 24.8 Å². The zero-order valence-electron chi connectivity index (χ0n) is 11.6. The molecular formula is C16H24N2S. The molecule has 1 unspecified atom stereocenters. The van der Waals surface area contributed by atoms with Crippen LogP contribution in [0.3, 0.4) is 0 Å². The molecule has 3 rings (SSSR count). The topological polar surface area (TPSA) is 15.3 Å². The molecular weight excluding hydrogens is 252 g/mol. The molecule has 0 radical (unpaired) electrons. The first-order valence-corrected chi connectivity index (χ1v) is 8.69. The van der Waals surface area contributed by atoms with Crippen LogP contribution >= 0.6 is 11.8 Å². The number of hydrogen-bond donors (Lipinski definition) is 1. The first kappa shape index (κ1) is 13.3. The van der Waals surface area contributed by atoms with Crippen LogP contribution in [0, 0.1) is 5.92 Å². The van der Waals surface area contributed by atoms with Crippen molar-refractivity contribution in [3.05, 3.63) is 29.8 Å². The van der Waals surface area contributed by atoms with Gasteiger partial charge in [0.15, 0.2) is 0 Å². The van der Waals surface area contributed by atoms with Gasteiger partial charge in [-0.3, -0.25) is 4.90 Å². The standard InChI is InChI=1S/C16H24N2S/c1-2-6-16(17-11-14-7-10-19-13-14)15(5-1)12-18-8-3-4-9-18/h1-2,5-6,14,17H,3-4,7-13H2. The van der Waals surface area contributed by atoms with E-state index in [0.29, 0.717) is 0 Å². The van der Waals surface area contributed by atoms with E-state index < -0.39 is 0 Å². The van der Waals surface area contributed by atoms with Gasteiger partial charge in [0.1, 0.15) is 0 Å². The Morgan fingerprint density at radius 1 is 1.21 bits per heavy atom. The number of likely N-dealkylation sites (tertiary alicyclic amines) is 1. The lowest BCUT2D eigenvalue weighted by Gasteiger charge is -2.19. The van der Waals surface area contributed by atoms with Gasteiger partial charge in [-0.05, 0) is 61.4 Å². The molecule has 0 aliphatic carbocycles. The highest BCUT2D eigenvalue weighted by molar-refractivity contribution is 7.99. The fourth-order valence-electron chi connectivity index (χ4n) is 3.01. The van der Waals surface area contributed by atoms with E-state index in [9.17, 15) is 0 Å². The van der Waals surface area contributed by atoms with Crippen LogP contribution in [0.5, 0.6) is 0 Å². The molecule has 0 amide bonds. The summed E-state index contributed by atoms with van der Waals surface area (Å²) in [5, 5.41) is 3.69. The Balaban J connectivity index is 1.59. The summed E-state index contributed by atoms with van der Waals surface area (Å²) in [5.74, 6) is 3.55. The van der Waals surface area contributed by atoms with Crippen molar-refractivity contribution in [2.24, 2.45) is 5.92 Å². The molecule has 1 atom stereocenters. The van der Waals surface area contributed by atoms with Crippen molar-refractivity contribution >= 4 is 17.4 Å². The first-order chi connectivity index (χ1) is 9.42. The lowest BCUT2D eigenvalue weighted by Crippen LogP contribution is -2.20. The number of hydrogen-bond acceptors (Lipinski definition) is 3. The predicted octanol–water partition coefficient (Wildman–Crippen LogP) is 3.45. The molecule has 2 aliphatic heterocycles. The average molecular weight is 276 g/mol. The Bertz CT molecular complexity index is 395. The van der Waals surface area contributed by atoms with Crippen molar-refractivity contribution in [3.8, 4) is 0 Å². The molecule has 2 aliphatic rings. The van der Waals surface area contributed by atoms with E-state index in [1.165, 1.54) is 55.1 Å². The molecule has 2 heterocycles. The van der Waals surface area contributed by atoms with Crippen molar-refractivity contribution in [3.63, 3.8) is 0 Å². The fourth-order valence-corrected chi connectivity index (χ4v) is 4.30. The van der Waals surface area contributed by atoms with E-state index in [2.05, 4.69) is 46.2 Å². The molecule has 2 nitrogen and oxygen atoms in total. The maximum absolute atomic E-state index is 3.69. The minimum absolute atomic E-state index is 0.866. The Kier molecular flexibility index (Phi) is 4.67. The Hall–Kier alpha value is -0.670. The number of benzene rings is 1. The van der Waals surface area contributed by atoms with E-state index in [0.717, 1.165) is 19.0 Å². The average Bonchev–Trinajstić information content (AvgIpc) is 3.10. The molecule has 104 valence electrons. The summed E-state index contributed by atoms with van der Waals surface area (Å²) in [6.45, 7) is 4.80. The highest BCUT2D eigenvalue weighted by Crippen LogP contribution is 2.25. The molecule has 2 saturated heterocycles. The Morgan fingerprint density at radius 3 is 2.84 bits per heavy atom. The third kappa shape index (κ3) is 3.67. The van der Waals surface area contributed by atoms with Gasteiger partial charge in [-0.15, -0.1) is 0 Å². The van der Waals surface area contributed by atoms with Gasteiger partial charge in [-0.2, -0.15) is 11.8 Å². The molecule has 19 heavy (non-hydrogen) atoms. The summed E-state index contributed by atoms with van der Waals surface area (Å²) in [7, 11) is 0. The number of anilines is 1. The van der Waals surface area contributed by atoms with Gasteiger partial charge in [0.2, 0.25) is 0 Å². The highest BCUT2D eigenvalue weighted by atomic mass is 32.2. The second kappa shape index (κ2) is 6.67. The molecule has 0 bridgehead atoms. The fraction of sp³-hybridized carbons (Fsp3) is 0.625. The second-order valence-electron chi connectivity index (χ2n) is 5.75. The Labute approximate surface area is 121 Å². The minimum Gasteiger partial charge on any atom is -0.384 e. The SMILES string of the molecule is c1ccc(NCC2CCSC2)c(CN2CCCC2)c1. The summed E-state index contributed by atoms with van der Waals surface area (Å²) in [4.78, 5) is 2.58. The van der Waals surface area contributed by atoms with Crippen molar-refractivity contribution in [1.82, 2.24) is 4.90 Å². The molecule has 1 aromatic rings. The van der Waals surface area contributed by atoms with Crippen LogP contribution in [-0.4, -0.2) is 36.0 Å². The van der Waals surface area contributed by atoms with Crippen LogP contribution in [0.25, 0.3) is 0 Å². The smallest absolute Gasteiger partial charge is 0.0385 e. The van der Waals surface area contributed by atoms with Gasteiger partial charge in [-0.1, -0.05) is 18.2 Å². The van der Waals surface area contributed by atoms with Crippen LogP contribution in [0.4, 0.5) is 5.69 Å². The zero-order valence-corrected chi connectivity index (χ0v) is 12.4. The quantitative estimate of drug-likeness (QED) is 0.887. The van der Waals surface area contributed by atoms with Gasteiger partial charge in [0.05, 0.1) is 0 Å². The van der Waals surface area contributed by atoms with Crippen molar-refractivity contribution in [1.29, 1.82) is 0 Å². The first-order valence-electron chi connectivity index (χ1n) is 7.54. The van der Waals surface area contributed by atoms with E-state index >= 15 is 0 Å². The number of thioether (sulfide) groups is 1.